The first-order valence-corrected chi connectivity index (χ1v) is 6.58. The number of halogens is 2. The SMILES string of the molecule is COC(=O)Nc1ccc(NCc2cc(F)cc(Cl)c2)cc1. The lowest BCUT2D eigenvalue weighted by Gasteiger charge is -2.09. The van der Waals surface area contributed by atoms with Crippen molar-refractivity contribution in [3.8, 4) is 0 Å². The second kappa shape index (κ2) is 6.95. The molecule has 0 saturated heterocycles. The van der Waals surface area contributed by atoms with Crippen molar-refractivity contribution >= 4 is 29.1 Å². The molecule has 4 nitrogen and oxygen atoms in total. The summed E-state index contributed by atoms with van der Waals surface area (Å²) in [4.78, 5) is 11.0. The number of methoxy groups -OCH3 is 1. The smallest absolute Gasteiger partial charge is 0.411 e. The van der Waals surface area contributed by atoms with Crippen LogP contribution < -0.4 is 10.6 Å². The molecule has 0 saturated carbocycles. The number of nitrogens with one attached hydrogen (secondary N) is 2. The Kier molecular flexibility index (Phi) is 5.00. The molecule has 1 amide bonds. The largest absolute Gasteiger partial charge is 0.453 e. The maximum absolute atomic E-state index is 13.2. The first-order valence-electron chi connectivity index (χ1n) is 6.20. The Hall–Kier alpha value is -2.27. The number of rotatable bonds is 4. The Balaban J connectivity index is 1.95. The highest BCUT2D eigenvalue weighted by atomic mass is 35.5. The quantitative estimate of drug-likeness (QED) is 0.887. The third-order valence-electron chi connectivity index (χ3n) is 2.74. The maximum Gasteiger partial charge on any atom is 0.411 e. The lowest BCUT2D eigenvalue weighted by Crippen LogP contribution is -2.10. The number of hydrogen-bond donors (Lipinski definition) is 2. The van der Waals surface area contributed by atoms with Crippen molar-refractivity contribution in [2.24, 2.45) is 0 Å². The number of carbonyl (C=O) groups is 1. The van der Waals surface area contributed by atoms with Crippen LogP contribution in [0.4, 0.5) is 20.6 Å². The monoisotopic (exact) mass is 308 g/mol. The van der Waals surface area contributed by atoms with Crippen LogP contribution >= 0.6 is 11.6 Å². The van der Waals surface area contributed by atoms with Crippen molar-refractivity contribution < 1.29 is 13.9 Å². The van der Waals surface area contributed by atoms with Gasteiger partial charge < -0.3 is 10.1 Å². The van der Waals surface area contributed by atoms with Crippen LogP contribution in [-0.2, 0) is 11.3 Å². The van der Waals surface area contributed by atoms with E-state index in [1.807, 2.05) is 0 Å². The number of benzene rings is 2. The van der Waals surface area contributed by atoms with Crippen molar-refractivity contribution in [2.45, 2.75) is 6.54 Å². The predicted molar refractivity (Wildman–Crippen MR) is 81.2 cm³/mol. The highest BCUT2D eigenvalue weighted by molar-refractivity contribution is 6.30. The van der Waals surface area contributed by atoms with Gasteiger partial charge in [0.05, 0.1) is 7.11 Å². The van der Waals surface area contributed by atoms with E-state index in [4.69, 9.17) is 11.6 Å². The van der Waals surface area contributed by atoms with Gasteiger partial charge in [-0.1, -0.05) is 11.6 Å². The van der Waals surface area contributed by atoms with Gasteiger partial charge in [-0.05, 0) is 48.0 Å². The van der Waals surface area contributed by atoms with Gasteiger partial charge in [0.15, 0.2) is 0 Å². The summed E-state index contributed by atoms with van der Waals surface area (Å²) in [6.07, 6.45) is -0.523. The zero-order valence-electron chi connectivity index (χ0n) is 11.3. The van der Waals surface area contributed by atoms with Gasteiger partial charge >= 0.3 is 6.09 Å². The van der Waals surface area contributed by atoms with Crippen LogP contribution in [0, 0.1) is 5.82 Å². The van der Waals surface area contributed by atoms with Crippen LogP contribution in [0.1, 0.15) is 5.56 Å². The highest BCUT2D eigenvalue weighted by Gasteiger charge is 2.02. The lowest BCUT2D eigenvalue weighted by atomic mass is 10.2. The van der Waals surface area contributed by atoms with Gasteiger partial charge in [0.2, 0.25) is 0 Å². The Morgan fingerprint density at radius 1 is 1.19 bits per heavy atom. The molecule has 0 bridgehead atoms. The third kappa shape index (κ3) is 4.65. The zero-order valence-corrected chi connectivity index (χ0v) is 12.1. The molecule has 0 spiro atoms. The highest BCUT2D eigenvalue weighted by Crippen LogP contribution is 2.17. The van der Waals surface area contributed by atoms with Gasteiger partial charge in [0.25, 0.3) is 0 Å². The van der Waals surface area contributed by atoms with Gasteiger partial charge in [-0.3, -0.25) is 5.32 Å². The van der Waals surface area contributed by atoms with E-state index in [0.717, 1.165) is 11.3 Å². The van der Waals surface area contributed by atoms with Gasteiger partial charge in [-0.15, -0.1) is 0 Å². The van der Waals surface area contributed by atoms with E-state index in [-0.39, 0.29) is 5.82 Å². The average Bonchev–Trinajstić information content (AvgIpc) is 2.45. The normalized spacial score (nSPS) is 10.0. The Labute approximate surface area is 126 Å². The van der Waals surface area contributed by atoms with E-state index >= 15 is 0 Å². The molecule has 2 N–H and O–H groups in total. The van der Waals surface area contributed by atoms with Crippen LogP contribution in [0.25, 0.3) is 0 Å². The van der Waals surface area contributed by atoms with E-state index < -0.39 is 6.09 Å². The summed E-state index contributed by atoms with van der Waals surface area (Å²) in [5.41, 5.74) is 2.21. The first-order chi connectivity index (χ1) is 10.1. The molecule has 0 aliphatic carbocycles. The molecule has 21 heavy (non-hydrogen) atoms. The van der Waals surface area contributed by atoms with E-state index in [9.17, 15) is 9.18 Å². The molecule has 2 rings (SSSR count). The third-order valence-corrected chi connectivity index (χ3v) is 2.95. The lowest BCUT2D eigenvalue weighted by molar-refractivity contribution is 0.187. The summed E-state index contributed by atoms with van der Waals surface area (Å²) >= 11 is 5.80. The summed E-state index contributed by atoms with van der Waals surface area (Å²) in [5.74, 6) is -0.364. The molecule has 0 aliphatic heterocycles. The van der Waals surface area contributed by atoms with E-state index in [1.165, 1.54) is 19.2 Å². The average molecular weight is 309 g/mol. The van der Waals surface area contributed by atoms with Crippen LogP contribution in [0.2, 0.25) is 5.02 Å². The minimum Gasteiger partial charge on any atom is -0.453 e. The van der Waals surface area contributed by atoms with Crippen molar-refractivity contribution in [1.29, 1.82) is 0 Å². The minimum atomic E-state index is -0.523. The molecule has 2 aromatic carbocycles. The summed E-state index contributed by atoms with van der Waals surface area (Å²) < 4.78 is 17.7. The number of carbonyl (C=O) groups excluding carboxylic acids is 1. The van der Waals surface area contributed by atoms with Crippen LogP contribution in [0.5, 0.6) is 0 Å². The van der Waals surface area contributed by atoms with E-state index in [1.54, 1.807) is 30.3 Å². The molecule has 0 radical (unpaired) electrons. The topological polar surface area (TPSA) is 50.4 Å². The van der Waals surface area contributed by atoms with Gasteiger partial charge in [0.1, 0.15) is 5.82 Å². The Bertz CT molecular complexity index is 612. The predicted octanol–water partition coefficient (Wildman–Crippen LogP) is 4.27. The van der Waals surface area contributed by atoms with Crippen molar-refractivity contribution in [1.82, 2.24) is 0 Å². The second-order valence-electron chi connectivity index (χ2n) is 4.33. The molecule has 0 unspecified atom stereocenters. The molecule has 0 fully saturated rings. The number of amides is 1. The van der Waals surface area contributed by atoms with Gasteiger partial charge in [0, 0.05) is 22.9 Å². The molecule has 0 aliphatic rings. The summed E-state index contributed by atoms with van der Waals surface area (Å²) in [5, 5.41) is 6.06. The summed E-state index contributed by atoms with van der Waals surface area (Å²) in [6.45, 7) is 0.446. The van der Waals surface area contributed by atoms with Gasteiger partial charge in [-0.2, -0.15) is 0 Å². The summed E-state index contributed by atoms with van der Waals surface area (Å²) in [6, 6.07) is 11.4. The second-order valence-corrected chi connectivity index (χ2v) is 4.76. The molecule has 0 heterocycles. The first kappa shape index (κ1) is 15.1. The molecular weight excluding hydrogens is 295 g/mol. The Morgan fingerprint density at radius 2 is 1.86 bits per heavy atom. The summed E-state index contributed by atoms with van der Waals surface area (Å²) in [7, 11) is 1.30. The van der Waals surface area contributed by atoms with Crippen LogP contribution in [0.15, 0.2) is 42.5 Å². The minimum absolute atomic E-state index is 0.364. The van der Waals surface area contributed by atoms with Crippen molar-refractivity contribution in [3.63, 3.8) is 0 Å². The Morgan fingerprint density at radius 3 is 2.48 bits per heavy atom. The molecule has 0 atom stereocenters. The van der Waals surface area contributed by atoms with E-state index in [2.05, 4.69) is 15.4 Å². The number of hydrogen-bond acceptors (Lipinski definition) is 3. The number of ether oxygens (including phenoxy) is 1. The van der Waals surface area contributed by atoms with Gasteiger partial charge in [-0.25, -0.2) is 9.18 Å². The molecule has 110 valence electrons. The standard InChI is InChI=1S/C15H14ClFN2O2/c1-21-15(20)19-14-4-2-13(3-5-14)18-9-10-6-11(16)8-12(17)7-10/h2-8,18H,9H2,1H3,(H,19,20). The zero-order chi connectivity index (χ0) is 15.2. The number of anilines is 2. The van der Waals surface area contributed by atoms with Crippen molar-refractivity contribution in [2.75, 3.05) is 17.7 Å². The van der Waals surface area contributed by atoms with Crippen LogP contribution in [0.3, 0.4) is 0 Å². The van der Waals surface area contributed by atoms with Crippen LogP contribution in [-0.4, -0.2) is 13.2 Å². The fraction of sp³-hybridized carbons (Fsp3) is 0.133. The van der Waals surface area contributed by atoms with Crippen molar-refractivity contribution in [3.05, 3.63) is 58.9 Å². The molecule has 2 aromatic rings. The molecular formula is C15H14ClFN2O2. The molecule has 0 aromatic heterocycles. The molecule has 6 heteroatoms. The fourth-order valence-corrected chi connectivity index (χ4v) is 2.00. The van der Waals surface area contributed by atoms with E-state index in [0.29, 0.717) is 17.3 Å². The fourth-order valence-electron chi connectivity index (χ4n) is 1.76. The maximum atomic E-state index is 13.2.